The molecule has 3 nitrogen and oxygen atoms in total. The first-order valence-corrected chi connectivity index (χ1v) is 6.88. The Morgan fingerprint density at radius 3 is 2.43 bits per heavy atom. The second-order valence-electron chi connectivity index (χ2n) is 5.18. The highest BCUT2D eigenvalue weighted by Gasteiger charge is 2.21. The number of esters is 1. The second-order valence-corrected chi connectivity index (χ2v) is 5.18. The molecule has 3 rings (SSSR count). The summed E-state index contributed by atoms with van der Waals surface area (Å²) in [5.41, 5.74) is 4.37. The summed E-state index contributed by atoms with van der Waals surface area (Å²) in [4.78, 5) is 15.3. The Hall–Kier alpha value is -2.55. The van der Waals surface area contributed by atoms with Gasteiger partial charge in [0.25, 0.3) is 0 Å². The molecule has 0 atom stereocenters. The van der Waals surface area contributed by atoms with Crippen molar-refractivity contribution in [3.63, 3.8) is 0 Å². The molecule has 1 heterocycles. The molecule has 1 aromatic heterocycles. The van der Waals surface area contributed by atoms with Crippen molar-refractivity contribution in [2.24, 2.45) is 0 Å². The van der Waals surface area contributed by atoms with Gasteiger partial charge in [-0.1, -0.05) is 36.4 Å². The zero-order chi connectivity index (χ0) is 15.0. The van der Waals surface area contributed by atoms with Crippen molar-refractivity contribution in [2.45, 2.75) is 13.8 Å². The van der Waals surface area contributed by atoms with Gasteiger partial charge < -0.3 is 9.72 Å². The van der Waals surface area contributed by atoms with Gasteiger partial charge in [-0.05, 0) is 36.2 Å². The maximum Gasteiger partial charge on any atom is 0.340 e. The molecule has 0 radical (unpaired) electrons. The van der Waals surface area contributed by atoms with Gasteiger partial charge in [0.15, 0.2) is 0 Å². The fraction of sp³-hybridized carbons (Fsp3) is 0.167. The van der Waals surface area contributed by atoms with Crippen molar-refractivity contribution in [1.29, 1.82) is 0 Å². The lowest BCUT2D eigenvalue weighted by Gasteiger charge is -2.07. The molecule has 2 aromatic carbocycles. The summed E-state index contributed by atoms with van der Waals surface area (Å²) in [6.07, 6.45) is 0. The van der Waals surface area contributed by atoms with Crippen LogP contribution in [0.1, 0.15) is 21.7 Å². The summed E-state index contributed by atoms with van der Waals surface area (Å²) in [5.74, 6) is -0.306. The van der Waals surface area contributed by atoms with E-state index in [4.69, 9.17) is 4.74 Å². The number of ether oxygens (including phenoxy) is 1. The molecular weight excluding hydrogens is 262 g/mol. The Labute approximate surface area is 123 Å². The minimum absolute atomic E-state index is 0.306. The Kier molecular flexibility index (Phi) is 3.26. The zero-order valence-corrected chi connectivity index (χ0v) is 12.4. The molecule has 106 valence electrons. The van der Waals surface area contributed by atoms with E-state index in [2.05, 4.69) is 29.2 Å². The van der Waals surface area contributed by atoms with Crippen LogP contribution < -0.4 is 0 Å². The van der Waals surface area contributed by atoms with Gasteiger partial charge in [0.2, 0.25) is 0 Å². The van der Waals surface area contributed by atoms with Crippen molar-refractivity contribution in [3.8, 4) is 11.1 Å². The molecule has 3 heteroatoms. The Bertz CT molecular complexity index is 830. The number of hydrogen-bond donors (Lipinski definition) is 1. The van der Waals surface area contributed by atoms with Crippen molar-refractivity contribution in [2.75, 3.05) is 7.11 Å². The largest absolute Gasteiger partial charge is 0.465 e. The number of carbonyl (C=O) groups excluding carboxylic acids is 1. The van der Waals surface area contributed by atoms with Crippen LogP contribution in [0.25, 0.3) is 21.9 Å². The van der Waals surface area contributed by atoms with E-state index < -0.39 is 0 Å². The third kappa shape index (κ3) is 2.21. The van der Waals surface area contributed by atoms with Gasteiger partial charge >= 0.3 is 5.97 Å². The first-order valence-electron chi connectivity index (χ1n) is 6.88. The fourth-order valence-electron chi connectivity index (χ4n) is 2.84. The Morgan fingerprint density at radius 1 is 1.00 bits per heavy atom. The van der Waals surface area contributed by atoms with Crippen molar-refractivity contribution in [1.82, 2.24) is 4.98 Å². The van der Waals surface area contributed by atoms with Gasteiger partial charge in [-0.3, -0.25) is 0 Å². The quantitative estimate of drug-likeness (QED) is 0.713. The van der Waals surface area contributed by atoms with Gasteiger partial charge in [-0.25, -0.2) is 4.79 Å². The van der Waals surface area contributed by atoms with Crippen LogP contribution in [0.15, 0.2) is 42.5 Å². The molecule has 0 bridgehead atoms. The Morgan fingerprint density at radius 2 is 1.71 bits per heavy atom. The number of carbonyl (C=O) groups is 1. The first-order chi connectivity index (χ1) is 10.1. The maximum atomic E-state index is 12.1. The fourth-order valence-corrected chi connectivity index (χ4v) is 2.84. The SMILES string of the molecule is COC(=O)c1c(C)[nH]c(C)c1-c1ccc2ccccc2c1. The van der Waals surface area contributed by atoms with Gasteiger partial charge in [-0.15, -0.1) is 0 Å². The van der Waals surface area contributed by atoms with E-state index in [-0.39, 0.29) is 5.97 Å². The lowest BCUT2D eigenvalue weighted by molar-refractivity contribution is 0.0601. The molecule has 0 aliphatic rings. The molecule has 0 aliphatic heterocycles. The third-order valence-electron chi connectivity index (χ3n) is 3.80. The number of fused-ring (bicyclic) bond motifs is 1. The van der Waals surface area contributed by atoms with Crippen LogP contribution in [0.2, 0.25) is 0 Å². The minimum atomic E-state index is -0.306. The molecule has 3 aromatic rings. The number of nitrogens with one attached hydrogen (secondary N) is 1. The summed E-state index contributed by atoms with van der Waals surface area (Å²) in [6, 6.07) is 14.4. The maximum absolute atomic E-state index is 12.1. The molecule has 0 spiro atoms. The number of aryl methyl sites for hydroxylation is 2. The van der Waals surface area contributed by atoms with Crippen LogP contribution in [0.3, 0.4) is 0 Å². The molecule has 0 unspecified atom stereocenters. The summed E-state index contributed by atoms with van der Waals surface area (Å²) >= 11 is 0. The van der Waals surface area contributed by atoms with E-state index in [1.54, 1.807) is 0 Å². The van der Waals surface area contributed by atoms with Crippen molar-refractivity contribution >= 4 is 16.7 Å². The standard InChI is InChI=1S/C18H17NO2/c1-11-16(17(12(2)19-11)18(20)21-3)15-9-8-13-6-4-5-7-14(13)10-15/h4-10,19H,1-3H3. The van der Waals surface area contributed by atoms with Crippen LogP contribution in [0, 0.1) is 13.8 Å². The van der Waals surface area contributed by atoms with E-state index >= 15 is 0 Å². The van der Waals surface area contributed by atoms with Gasteiger partial charge in [0.05, 0.1) is 12.7 Å². The second kappa shape index (κ2) is 5.09. The molecule has 21 heavy (non-hydrogen) atoms. The number of rotatable bonds is 2. The van der Waals surface area contributed by atoms with Crippen molar-refractivity contribution < 1.29 is 9.53 Å². The molecule has 0 saturated carbocycles. The number of aromatic nitrogens is 1. The Balaban J connectivity index is 2.25. The van der Waals surface area contributed by atoms with E-state index in [1.165, 1.54) is 12.5 Å². The summed E-state index contributed by atoms with van der Waals surface area (Å²) in [6.45, 7) is 3.87. The van der Waals surface area contributed by atoms with Crippen LogP contribution in [-0.2, 0) is 4.74 Å². The molecule has 0 fully saturated rings. The lowest BCUT2D eigenvalue weighted by atomic mass is 9.97. The molecule has 0 aliphatic carbocycles. The van der Waals surface area contributed by atoms with E-state index in [0.717, 1.165) is 27.9 Å². The number of H-pyrrole nitrogens is 1. The molecule has 0 amide bonds. The van der Waals surface area contributed by atoms with Gasteiger partial charge in [0.1, 0.15) is 0 Å². The highest BCUT2D eigenvalue weighted by molar-refractivity contribution is 6.00. The number of methoxy groups -OCH3 is 1. The topological polar surface area (TPSA) is 42.1 Å². The highest BCUT2D eigenvalue weighted by Crippen LogP contribution is 2.32. The average Bonchev–Trinajstić information content (AvgIpc) is 2.80. The smallest absolute Gasteiger partial charge is 0.340 e. The highest BCUT2D eigenvalue weighted by atomic mass is 16.5. The summed E-state index contributed by atoms with van der Waals surface area (Å²) in [7, 11) is 1.41. The van der Waals surface area contributed by atoms with E-state index in [1.807, 2.05) is 32.0 Å². The van der Waals surface area contributed by atoms with Crippen LogP contribution in [0.5, 0.6) is 0 Å². The van der Waals surface area contributed by atoms with Crippen LogP contribution in [-0.4, -0.2) is 18.1 Å². The average molecular weight is 279 g/mol. The zero-order valence-electron chi connectivity index (χ0n) is 12.4. The van der Waals surface area contributed by atoms with Crippen LogP contribution in [0.4, 0.5) is 0 Å². The number of benzene rings is 2. The predicted molar refractivity (Wildman–Crippen MR) is 84.5 cm³/mol. The number of hydrogen-bond acceptors (Lipinski definition) is 2. The van der Waals surface area contributed by atoms with E-state index in [0.29, 0.717) is 5.56 Å². The number of aromatic amines is 1. The monoisotopic (exact) mass is 279 g/mol. The van der Waals surface area contributed by atoms with Crippen molar-refractivity contribution in [3.05, 3.63) is 59.4 Å². The molecule has 0 saturated heterocycles. The van der Waals surface area contributed by atoms with Crippen LogP contribution >= 0.6 is 0 Å². The van der Waals surface area contributed by atoms with E-state index in [9.17, 15) is 4.79 Å². The van der Waals surface area contributed by atoms with Gasteiger partial charge in [-0.2, -0.15) is 0 Å². The lowest BCUT2D eigenvalue weighted by Crippen LogP contribution is -2.03. The minimum Gasteiger partial charge on any atom is -0.465 e. The normalized spacial score (nSPS) is 10.8. The molecular formula is C18H17NO2. The first kappa shape index (κ1) is 13.4. The third-order valence-corrected chi connectivity index (χ3v) is 3.80. The van der Waals surface area contributed by atoms with Gasteiger partial charge in [0, 0.05) is 17.0 Å². The summed E-state index contributed by atoms with van der Waals surface area (Å²) < 4.78 is 4.92. The summed E-state index contributed by atoms with van der Waals surface area (Å²) in [5, 5.41) is 2.34. The predicted octanol–water partition coefficient (Wildman–Crippen LogP) is 4.24. The molecule has 1 N–H and O–H groups in total.